The smallest absolute Gasteiger partial charge is 0.263 e. The van der Waals surface area contributed by atoms with Crippen LogP contribution in [0.3, 0.4) is 0 Å². The molecule has 6 heteroatoms. The van der Waals surface area contributed by atoms with E-state index in [1.807, 2.05) is 0 Å². The predicted octanol–water partition coefficient (Wildman–Crippen LogP) is 1.94. The Hall–Kier alpha value is -1.20. The minimum absolute atomic E-state index is 0.0662. The van der Waals surface area contributed by atoms with Crippen molar-refractivity contribution < 1.29 is 9.53 Å². The van der Waals surface area contributed by atoms with E-state index in [0.717, 1.165) is 12.3 Å². The fourth-order valence-electron chi connectivity index (χ4n) is 1.27. The highest BCUT2D eigenvalue weighted by Crippen LogP contribution is 2.22. The van der Waals surface area contributed by atoms with E-state index in [1.165, 1.54) is 11.8 Å². The van der Waals surface area contributed by atoms with Crippen LogP contribution >= 0.6 is 23.4 Å². The zero-order valence-electron chi connectivity index (χ0n) is 8.98. The molecular formula is C11H11ClN2O2S. The van der Waals surface area contributed by atoms with E-state index < -0.39 is 0 Å². The van der Waals surface area contributed by atoms with E-state index in [9.17, 15) is 4.79 Å². The van der Waals surface area contributed by atoms with E-state index >= 15 is 0 Å². The Labute approximate surface area is 108 Å². The van der Waals surface area contributed by atoms with E-state index in [-0.39, 0.29) is 12.5 Å². The molecular weight excluding hydrogens is 260 g/mol. The summed E-state index contributed by atoms with van der Waals surface area (Å²) in [5.41, 5.74) is 0. The van der Waals surface area contributed by atoms with Crippen LogP contribution in [0.2, 0.25) is 5.02 Å². The van der Waals surface area contributed by atoms with Gasteiger partial charge in [-0.2, -0.15) is 0 Å². The van der Waals surface area contributed by atoms with Gasteiger partial charge < -0.3 is 10.1 Å². The average Bonchev–Trinajstić information content (AvgIpc) is 2.81. The molecule has 1 heterocycles. The molecule has 1 aromatic rings. The van der Waals surface area contributed by atoms with Gasteiger partial charge in [0.25, 0.3) is 5.91 Å². The van der Waals surface area contributed by atoms with Gasteiger partial charge in [0.2, 0.25) is 0 Å². The second-order valence-electron chi connectivity index (χ2n) is 3.30. The number of carbonyl (C=O) groups excluding carboxylic acids is 1. The van der Waals surface area contributed by atoms with Gasteiger partial charge in [-0.15, -0.1) is 0 Å². The van der Waals surface area contributed by atoms with Crippen LogP contribution in [0.1, 0.15) is 0 Å². The van der Waals surface area contributed by atoms with Gasteiger partial charge in [-0.1, -0.05) is 35.5 Å². The zero-order valence-corrected chi connectivity index (χ0v) is 10.6. The van der Waals surface area contributed by atoms with Crippen LogP contribution in [-0.2, 0) is 4.79 Å². The van der Waals surface area contributed by atoms with Crippen molar-refractivity contribution in [3.05, 3.63) is 29.3 Å². The molecule has 0 aliphatic carbocycles. The number of thioether (sulfide) groups is 1. The highest BCUT2D eigenvalue weighted by atomic mass is 35.5. The van der Waals surface area contributed by atoms with E-state index in [2.05, 4.69) is 10.3 Å². The van der Waals surface area contributed by atoms with Gasteiger partial charge in [0, 0.05) is 5.75 Å². The summed E-state index contributed by atoms with van der Waals surface area (Å²) < 4.78 is 5.30. The first-order valence-corrected chi connectivity index (χ1v) is 6.46. The third-order valence-corrected chi connectivity index (χ3v) is 3.23. The standard InChI is InChI=1S/C11H11ClN2O2S/c12-8-3-1-2-4-9(8)16-7-10(15)14-11-13-5-6-17-11/h1-4H,5-7H2,(H,13,14,15). The summed E-state index contributed by atoms with van der Waals surface area (Å²) in [7, 11) is 0. The minimum atomic E-state index is -0.224. The molecule has 0 atom stereocenters. The molecule has 0 saturated carbocycles. The summed E-state index contributed by atoms with van der Waals surface area (Å²) in [4.78, 5) is 15.6. The summed E-state index contributed by atoms with van der Waals surface area (Å²) in [6.07, 6.45) is 0. The topological polar surface area (TPSA) is 50.7 Å². The normalized spacial score (nSPS) is 14.3. The van der Waals surface area contributed by atoms with Gasteiger partial charge in [-0.3, -0.25) is 9.79 Å². The number of rotatable bonds is 3. The Morgan fingerprint density at radius 2 is 2.35 bits per heavy atom. The van der Waals surface area contributed by atoms with Crippen molar-refractivity contribution in [1.29, 1.82) is 0 Å². The Bertz CT molecular complexity index is 451. The second kappa shape index (κ2) is 5.93. The molecule has 0 aromatic heterocycles. The summed E-state index contributed by atoms with van der Waals surface area (Å²) >= 11 is 7.43. The van der Waals surface area contributed by atoms with Crippen molar-refractivity contribution in [1.82, 2.24) is 5.32 Å². The Morgan fingerprint density at radius 1 is 1.53 bits per heavy atom. The maximum absolute atomic E-state index is 11.5. The Morgan fingerprint density at radius 3 is 3.06 bits per heavy atom. The van der Waals surface area contributed by atoms with Crippen LogP contribution in [0.5, 0.6) is 5.75 Å². The third-order valence-electron chi connectivity index (χ3n) is 2.03. The van der Waals surface area contributed by atoms with E-state index in [0.29, 0.717) is 15.9 Å². The van der Waals surface area contributed by atoms with E-state index in [4.69, 9.17) is 16.3 Å². The Balaban J connectivity index is 1.82. The van der Waals surface area contributed by atoms with Crippen molar-refractivity contribution in [2.75, 3.05) is 18.9 Å². The maximum Gasteiger partial charge on any atom is 0.263 e. The summed E-state index contributed by atoms with van der Waals surface area (Å²) in [6, 6.07) is 7.04. The van der Waals surface area contributed by atoms with E-state index in [1.54, 1.807) is 24.3 Å². The van der Waals surface area contributed by atoms with Crippen molar-refractivity contribution in [2.24, 2.45) is 4.99 Å². The monoisotopic (exact) mass is 270 g/mol. The molecule has 1 aliphatic rings. The van der Waals surface area contributed by atoms with Gasteiger partial charge in [0.05, 0.1) is 11.6 Å². The molecule has 1 aromatic carbocycles. The first kappa shape index (κ1) is 12.3. The quantitative estimate of drug-likeness (QED) is 0.913. The molecule has 0 radical (unpaired) electrons. The van der Waals surface area contributed by atoms with Crippen molar-refractivity contribution in [3.8, 4) is 5.75 Å². The number of nitrogens with one attached hydrogen (secondary N) is 1. The zero-order chi connectivity index (χ0) is 12.1. The van der Waals surface area contributed by atoms with Crippen LogP contribution in [0.25, 0.3) is 0 Å². The number of benzene rings is 1. The lowest BCUT2D eigenvalue weighted by atomic mass is 10.3. The molecule has 2 rings (SSSR count). The number of amides is 1. The largest absolute Gasteiger partial charge is 0.482 e. The first-order chi connectivity index (χ1) is 8.25. The number of para-hydroxylation sites is 1. The lowest BCUT2D eigenvalue weighted by molar-refractivity contribution is -0.121. The molecule has 17 heavy (non-hydrogen) atoms. The van der Waals surface area contributed by atoms with Gasteiger partial charge in [-0.05, 0) is 12.1 Å². The number of hydrogen-bond acceptors (Lipinski definition) is 4. The second-order valence-corrected chi connectivity index (χ2v) is 4.79. The van der Waals surface area contributed by atoms with Crippen LogP contribution < -0.4 is 10.1 Å². The third kappa shape index (κ3) is 3.64. The molecule has 4 nitrogen and oxygen atoms in total. The van der Waals surface area contributed by atoms with Crippen molar-refractivity contribution >= 4 is 34.4 Å². The molecule has 1 aliphatic heterocycles. The number of amidine groups is 1. The maximum atomic E-state index is 11.5. The minimum Gasteiger partial charge on any atom is -0.482 e. The molecule has 0 unspecified atom stereocenters. The highest BCUT2D eigenvalue weighted by molar-refractivity contribution is 8.14. The fourth-order valence-corrected chi connectivity index (χ4v) is 2.21. The summed E-state index contributed by atoms with van der Waals surface area (Å²) in [5.74, 6) is 1.20. The number of ether oxygens (including phenoxy) is 1. The average molecular weight is 271 g/mol. The van der Waals surface area contributed by atoms with Crippen molar-refractivity contribution in [3.63, 3.8) is 0 Å². The van der Waals surface area contributed by atoms with Gasteiger partial charge in [0.15, 0.2) is 11.8 Å². The molecule has 1 amide bonds. The predicted molar refractivity (Wildman–Crippen MR) is 69.8 cm³/mol. The van der Waals surface area contributed by atoms with Crippen LogP contribution in [-0.4, -0.2) is 30.0 Å². The molecule has 90 valence electrons. The lowest BCUT2D eigenvalue weighted by Crippen LogP contribution is -2.32. The van der Waals surface area contributed by atoms with Gasteiger partial charge in [0.1, 0.15) is 5.75 Å². The van der Waals surface area contributed by atoms with Gasteiger partial charge >= 0.3 is 0 Å². The number of halogens is 1. The number of hydrogen-bond donors (Lipinski definition) is 1. The van der Waals surface area contributed by atoms with Gasteiger partial charge in [-0.25, -0.2) is 0 Å². The van der Waals surface area contributed by atoms with Crippen molar-refractivity contribution in [2.45, 2.75) is 0 Å². The molecule has 0 spiro atoms. The lowest BCUT2D eigenvalue weighted by Gasteiger charge is -2.07. The first-order valence-electron chi connectivity index (χ1n) is 5.10. The number of nitrogens with zero attached hydrogens (tertiary/aromatic N) is 1. The van der Waals surface area contributed by atoms with Crippen LogP contribution in [0.15, 0.2) is 29.3 Å². The highest BCUT2D eigenvalue weighted by Gasteiger charge is 2.11. The molecule has 0 fully saturated rings. The summed E-state index contributed by atoms with van der Waals surface area (Å²) in [6.45, 7) is 0.689. The molecule has 1 N–H and O–H groups in total. The Kier molecular flexibility index (Phi) is 4.28. The van der Waals surface area contributed by atoms with Crippen LogP contribution in [0.4, 0.5) is 0 Å². The number of aliphatic imine (C=N–C) groups is 1. The summed E-state index contributed by atoms with van der Waals surface area (Å²) in [5, 5.41) is 3.83. The SMILES string of the molecule is O=C(COc1ccccc1Cl)NC1=NCCS1. The molecule has 0 saturated heterocycles. The van der Waals surface area contributed by atoms with Crippen LogP contribution in [0, 0.1) is 0 Å². The fraction of sp³-hybridized carbons (Fsp3) is 0.273. The number of carbonyl (C=O) groups is 1. The molecule has 0 bridgehead atoms.